The van der Waals surface area contributed by atoms with Gasteiger partial charge in [0.2, 0.25) is 5.88 Å². The Kier molecular flexibility index (Phi) is 5.94. The van der Waals surface area contributed by atoms with Crippen LogP contribution in [0.2, 0.25) is 0 Å². The van der Waals surface area contributed by atoms with E-state index in [1.807, 2.05) is 12.1 Å². The lowest BCUT2D eigenvalue weighted by Crippen LogP contribution is -2.52. The lowest BCUT2D eigenvalue weighted by atomic mass is 9.85. The van der Waals surface area contributed by atoms with Crippen molar-refractivity contribution in [3.63, 3.8) is 0 Å². The van der Waals surface area contributed by atoms with Crippen LogP contribution in [0.5, 0.6) is 5.88 Å². The highest BCUT2D eigenvalue weighted by molar-refractivity contribution is 9.10. The van der Waals surface area contributed by atoms with E-state index in [0.717, 1.165) is 24.2 Å². The zero-order valence-electron chi connectivity index (χ0n) is 13.7. The zero-order chi connectivity index (χ0) is 16.9. The van der Waals surface area contributed by atoms with E-state index >= 15 is 0 Å². The third-order valence-corrected chi connectivity index (χ3v) is 5.55. The summed E-state index contributed by atoms with van der Waals surface area (Å²) in [7, 11) is 0. The number of carbonyl (C=O) groups is 1. The van der Waals surface area contributed by atoms with Crippen molar-refractivity contribution in [3.8, 4) is 5.88 Å². The van der Waals surface area contributed by atoms with Crippen molar-refractivity contribution in [2.24, 2.45) is 5.92 Å². The van der Waals surface area contributed by atoms with Crippen LogP contribution < -0.4 is 4.74 Å². The molecule has 0 aromatic carbocycles. The number of hydrogen-bond acceptors (Lipinski definition) is 4. The molecule has 0 spiro atoms. The average molecular weight is 398 g/mol. The highest BCUT2D eigenvalue weighted by Gasteiger charge is 2.29. The van der Waals surface area contributed by atoms with E-state index < -0.39 is 6.09 Å². The number of hydrogen-bond donors (Lipinski definition) is 1. The van der Waals surface area contributed by atoms with Crippen LogP contribution >= 0.6 is 15.9 Å². The monoisotopic (exact) mass is 397 g/mol. The smallest absolute Gasteiger partial charge is 0.407 e. The molecule has 3 rings (SSSR count). The summed E-state index contributed by atoms with van der Waals surface area (Å²) in [5.74, 6) is 1.28. The van der Waals surface area contributed by atoms with Gasteiger partial charge < -0.3 is 14.7 Å². The largest absolute Gasteiger partial charge is 0.477 e. The van der Waals surface area contributed by atoms with Gasteiger partial charge in [0.25, 0.3) is 0 Å². The van der Waals surface area contributed by atoms with Gasteiger partial charge in [-0.25, -0.2) is 9.78 Å². The molecule has 1 aliphatic carbocycles. The van der Waals surface area contributed by atoms with E-state index in [1.165, 1.54) is 30.6 Å². The Bertz CT molecular complexity index is 539. The molecular weight excluding hydrogens is 374 g/mol. The van der Waals surface area contributed by atoms with E-state index in [4.69, 9.17) is 9.84 Å². The van der Waals surface area contributed by atoms with Crippen molar-refractivity contribution in [2.75, 3.05) is 32.8 Å². The summed E-state index contributed by atoms with van der Waals surface area (Å²) < 4.78 is 6.76. The molecule has 1 amide bonds. The number of amides is 1. The highest BCUT2D eigenvalue weighted by atomic mass is 79.9. The highest BCUT2D eigenvalue weighted by Crippen LogP contribution is 2.28. The summed E-state index contributed by atoms with van der Waals surface area (Å²) in [6.45, 7) is 3.72. The van der Waals surface area contributed by atoms with E-state index in [0.29, 0.717) is 30.9 Å². The molecular formula is C17H24BrN3O3. The van der Waals surface area contributed by atoms with E-state index in [9.17, 15) is 4.79 Å². The average Bonchev–Trinajstić information content (AvgIpc) is 2.62. The maximum absolute atomic E-state index is 11.0. The van der Waals surface area contributed by atoms with Crippen molar-refractivity contribution in [3.05, 3.63) is 22.8 Å². The van der Waals surface area contributed by atoms with Crippen molar-refractivity contribution < 1.29 is 14.6 Å². The molecule has 6 nitrogen and oxygen atoms in total. The molecule has 1 N–H and O–H groups in total. The van der Waals surface area contributed by atoms with Crippen molar-refractivity contribution in [2.45, 2.75) is 31.7 Å². The second-order valence-corrected chi connectivity index (χ2v) is 7.52. The van der Waals surface area contributed by atoms with Gasteiger partial charge in [0.15, 0.2) is 0 Å². The SMILES string of the molecule is O=C(O)N1CCN([C@H]2CC[C@H](COc3ccc(Br)cn3)CC2)CC1. The van der Waals surface area contributed by atoms with Gasteiger partial charge in [-0.15, -0.1) is 0 Å². The molecule has 1 saturated heterocycles. The lowest BCUT2D eigenvalue weighted by molar-refractivity contribution is 0.0616. The second kappa shape index (κ2) is 8.16. The third-order valence-electron chi connectivity index (χ3n) is 5.08. The Labute approximate surface area is 150 Å². The summed E-state index contributed by atoms with van der Waals surface area (Å²) in [5, 5.41) is 9.02. The molecule has 2 fully saturated rings. The molecule has 0 bridgehead atoms. The number of pyridine rings is 1. The topological polar surface area (TPSA) is 65.9 Å². The van der Waals surface area contributed by atoms with Gasteiger partial charge in [0.1, 0.15) is 0 Å². The number of nitrogens with zero attached hydrogens (tertiary/aromatic N) is 3. The fourth-order valence-corrected chi connectivity index (χ4v) is 3.84. The number of rotatable bonds is 4. The lowest BCUT2D eigenvalue weighted by Gasteiger charge is -2.41. The van der Waals surface area contributed by atoms with Gasteiger partial charge in [-0.3, -0.25) is 4.90 Å². The summed E-state index contributed by atoms with van der Waals surface area (Å²) in [5.41, 5.74) is 0. The first-order valence-electron chi connectivity index (χ1n) is 8.58. The Balaban J connectivity index is 1.38. The van der Waals surface area contributed by atoms with E-state index in [1.54, 1.807) is 6.20 Å². The molecule has 132 valence electrons. The van der Waals surface area contributed by atoms with Gasteiger partial charge in [0.05, 0.1) is 6.61 Å². The van der Waals surface area contributed by atoms with Crippen LogP contribution in [0.15, 0.2) is 22.8 Å². The normalized spacial score (nSPS) is 25.5. The molecule has 0 unspecified atom stereocenters. The standard InChI is InChI=1S/C17H24BrN3O3/c18-14-3-6-16(19-11-14)24-12-13-1-4-15(5-2-13)20-7-9-21(10-8-20)17(22)23/h3,6,11,13,15H,1-2,4-5,7-10,12H2,(H,22,23)/t13-,15-. The van der Waals surface area contributed by atoms with Gasteiger partial charge in [-0.1, -0.05) is 0 Å². The van der Waals surface area contributed by atoms with Gasteiger partial charge in [-0.05, 0) is 53.6 Å². The molecule has 0 radical (unpaired) electrons. The second-order valence-electron chi connectivity index (χ2n) is 6.61. The minimum atomic E-state index is -0.794. The van der Waals surface area contributed by atoms with Crippen LogP contribution in [-0.2, 0) is 0 Å². The minimum Gasteiger partial charge on any atom is -0.477 e. The van der Waals surface area contributed by atoms with Crippen molar-refractivity contribution in [1.82, 2.24) is 14.8 Å². The predicted molar refractivity (Wildman–Crippen MR) is 94.3 cm³/mol. The fraction of sp³-hybridized carbons (Fsp3) is 0.647. The van der Waals surface area contributed by atoms with E-state index in [-0.39, 0.29) is 0 Å². The summed E-state index contributed by atoms with van der Waals surface area (Å²) in [6.07, 6.45) is 5.64. The molecule has 2 aliphatic rings. The minimum absolute atomic E-state index is 0.590. The fourth-order valence-electron chi connectivity index (χ4n) is 3.61. The summed E-state index contributed by atoms with van der Waals surface area (Å²) in [6, 6.07) is 4.43. The Morgan fingerprint density at radius 2 is 1.92 bits per heavy atom. The van der Waals surface area contributed by atoms with Gasteiger partial charge in [-0.2, -0.15) is 0 Å². The van der Waals surface area contributed by atoms with Crippen molar-refractivity contribution >= 4 is 22.0 Å². The number of aromatic nitrogens is 1. The first kappa shape index (κ1) is 17.5. The van der Waals surface area contributed by atoms with E-state index in [2.05, 4.69) is 25.8 Å². The summed E-state index contributed by atoms with van der Waals surface area (Å²) in [4.78, 5) is 19.2. The zero-order valence-corrected chi connectivity index (χ0v) is 15.3. The van der Waals surface area contributed by atoms with Crippen LogP contribution in [-0.4, -0.2) is 64.8 Å². The molecule has 1 aromatic heterocycles. The van der Waals surface area contributed by atoms with Crippen LogP contribution in [0.1, 0.15) is 25.7 Å². The van der Waals surface area contributed by atoms with Crippen LogP contribution in [0.4, 0.5) is 4.79 Å². The number of piperazine rings is 1. The number of halogens is 1. The maximum atomic E-state index is 11.0. The number of ether oxygens (including phenoxy) is 1. The van der Waals surface area contributed by atoms with Gasteiger partial charge in [0, 0.05) is 49.0 Å². The molecule has 2 heterocycles. The molecule has 0 atom stereocenters. The van der Waals surface area contributed by atoms with Gasteiger partial charge >= 0.3 is 6.09 Å². The first-order valence-corrected chi connectivity index (χ1v) is 9.37. The molecule has 24 heavy (non-hydrogen) atoms. The number of carboxylic acid groups (broad SMARTS) is 1. The molecule has 1 aliphatic heterocycles. The van der Waals surface area contributed by atoms with Crippen LogP contribution in [0.25, 0.3) is 0 Å². The van der Waals surface area contributed by atoms with Crippen LogP contribution in [0.3, 0.4) is 0 Å². The Morgan fingerprint density at radius 1 is 1.21 bits per heavy atom. The molecule has 7 heteroatoms. The first-order chi connectivity index (χ1) is 11.6. The quantitative estimate of drug-likeness (QED) is 0.845. The van der Waals surface area contributed by atoms with Crippen LogP contribution in [0, 0.1) is 5.92 Å². The maximum Gasteiger partial charge on any atom is 0.407 e. The molecule has 1 saturated carbocycles. The predicted octanol–water partition coefficient (Wildman–Crippen LogP) is 3.08. The third kappa shape index (κ3) is 4.60. The molecule has 1 aromatic rings. The Morgan fingerprint density at radius 3 is 2.50 bits per heavy atom. The van der Waals surface area contributed by atoms with Crippen molar-refractivity contribution in [1.29, 1.82) is 0 Å². The Hall–Kier alpha value is -1.34. The summed E-state index contributed by atoms with van der Waals surface area (Å²) >= 11 is 3.37.